The topological polar surface area (TPSA) is 58.8 Å². The van der Waals surface area contributed by atoms with Crippen molar-refractivity contribution in [1.29, 1.82) is 0 Å². The lowest BCUT2D eigenvalue weighted by Gasteiger charge is -2.05. The summed E-state index contributed by atoms with van der Waals surface area (Å²) in [5, 5.41) is 8.93. The third kappa shape index (κ3) is 1.55. The van der Waals surface area contributed by atoms with Crippen molar-refractivity contribution >= 4 is 27.4 Å². The van der Waals surface area contributed by atoms with E-state index in [1.165, 1.54) is 16.5 Å². The predicted octanol–water partition coefficient (Wildman–Crippen LogP) is 1.76. The Kier molecular flexibility index (Phi) is 2.32. The van der Waals surface area contributed by atoms with Gasteiger partial charge in [-0.1, -0.05) is 6.07 Å². The number of rotatable bonds is 1. The van der Waals surface area contributed by atoms with Crippen molar-refractivity contribution in [3.05, 3.63) is 50.9 Å². The van der Waals surface area contributed by atoms with Crippen LogP contribution in [0.5, 0.6) is 0 Å². The first kappa shape index (κ1) is 9.92. The SMILES string of the molecule is O=C(O)c1ccc(=O)n2c(Br)cccc12. The molecule has 2 aromatic heterocycles. The Morgan fingerprint density at radius 2 is 2.00 bits per heavy atom. The lowest BCUT2D eigenvalue weighted by atomic mass is 10.2. The van der Waals surface area contributed by atoms with Crippen molar-refractivity contribution in [3.8, 4) is 0 Å². The zero-order valence-corrected chi connectivity index (χ0v) is 9.06. The van der Waals surface area contributed by atoms with Gasteiger partial charge in [0.1, 0.15) is 0 Å². The summed E-state index contributed by atoms with van der Waals surface area (Å²) in [7, 11) is 0. The van der Waals surface area contributed by atoms with Crippen LogP contribution in [0.1, 0.15) is 10.4 Å². The Hall–Kier alpha value is -1.62. The summed E-state index contributed by atoms with van der Waals surface area (Å²) < 4.78 is 1.84. The molecule has 0 radical (unpaired) electrons. The van der Waals surface area contributed by atoms with Crippen LogP contribution in [-0.4, -0.2) is 15.5 Å². The molecular formula is C10H6BrNO3. The smallest absolute Gasteiger partial charge is 0.337 e. The summed E-state index contributed by atoms with van der Waals surface area (Å²) in [4.78, 5) is 22.4. The Morgan fingerprint density at radius 3 is 2.67 bits per heavy atom. The minimum Gasteiger partial charge on any atom is -0.478 e. The van der Waals surface area contributed by atoms with Gasteiger partial charge in [-0.3, -0.25) is 9.20 Å². The molecule has 0 unspecified atom stereocenters. The van der Waals surface area contributed by atoms with Gasteiger partial charge in [0.15, 0.2) is 0 Å². The van der Waals surface area contributed by atoms with E-state index in [1.54, 1.807) is 18.2 Å². The van der Waals surface area contributed by atoms with Crippen LogP contribution in [0, 0.1) is 0 Å². The molecule has 15 heavy (non-hydrogen) atoms. The number of hydrogen-bond acceptors (Lipinski definition) is 2. The maximum Gasteiger partial charge on any atom is 0.337 e. The van der Waals surface area contributed by atoms with Crippen molar-refractivity contribution in [3.63, 3.8) is 0 Å². The number of fused-ring (bicyclic) bond motifs is 1. The number of carboxylic acids is 1. The zero-order valence-electron chi connectivity index (χ0n) is 7.48. The Morgan fingerprint density at radius 1 is 1.27 bits per heavy atom. The molecule has 0 aliphatic carbocycles. The molecule has 0 spiro atoms. The molecule has 2 heterocycles. The van der Waals surface area contributed by atoms with E-state index in [-0.39, 0.29) is 11.1 Å². The van der Waals surface area contributed by atoms with Crippen LogP contribution in [-0.2, 0) is 0 Å². The lowest BCUT2D eigenvalue weighted by Crippen LogP contribution is -2.16. The molecular weight excluding hydrogens is 262 g/mol. The molecule has 76 valence electrons. The van der Waals surface area contributed by atoms with Crippen molar-refractivity contribution in [2.24, 2.45) is 0 Å². The van der Waals surface area contributed by atoms with Gasteiger partial charge in [-0.05, 0) is 34.1 Å². The Bertz CT molecular complexity index is 603. The first-order chi connectivity index (χ1) is 7.11. The Balaban J connectivity index is 3.01. The maximum atomic E-state index is 11.5. The summed E-state index contributed by atoms with van der Waals surface area (Å²) in [6, 6.07) is 7.51. The molecule has 0 saturated carbocycles. The summed E-state index contributed by atoms with van der Waals surface area (Å²) in [6.07, 6.45) is 0. The number of halogens is 1. The van der Waals surface area contributed by atoms with Crippen LogP contribution in [0.15, 0.2) is 39.7 Å². The fourth-order valence-electron chi connectivity index (χ4n) is 1.41. The van der Waals surface area contributed by atoms with Crippen LogP contribution >= 0.6 is 15.9 Å². The van der Waals surface area contributed by atoms with Gasteiger partial charge in [0.2, 0.25) is 0 Å². The van der Waals surface area contributed by atoms with Crippen LogP contribution in [0.4, 0.5) is 0 Å². The maximum absolute atomic E-state index is 11.5. The average molecular weight is 268 g/mol. The number of carbonyl (C=O) groups is 1. The minimum absolute atomic E-state index is 0.107. The second-order valence-electron chi connectivity index (χ2n) is 2.96. The Labute approximate surface area is 92.9 Å². The van der Waals surface area contributed by atoms with Gasteiger partial charge < -0.3 is 5.11 Å². The van der Waals surface area contributed by atoms with Crippen molar-refractivity contribution in [1.82, 2.24) is 4.40 Å². The summed E-state index contributed by atoms with van der Waals surface area (Å²) in [5.74, 6) is -1.05. The standard InChI is InChI=1S/C10H6BrNO3/c11-8-3-1-2-7-6(10(14)15)4-5-9(13)12(7)8/h1-5H,(H,14,15). The molecule has 0 atom stereocenters. The molecule has 2 aromatic rings. The number of aromatic nitrogens is 1. The molecule has 0 aromatic carbocycles. The summed E-state index contributed by atoms with van der Waals surface area (Å²) in [5.41, 5.74) is 0.225. The largest absolute Gasteiger partial charge is 0.478 e. The average Bonchev–Trinajstić information content (AvgIpc) is 2.17. The normalized spacial score (nSPS) is 10.5. The first-order valence-corrected chi connectivity index (χ1v) is 4.94. The van der Waals surface area contributed by atoms with E-state index in [2.05, 4.69) is 15.9 Å². The first-order valence-electron chi connectivity index (χ1n) is 4.15. The zero-order chi connectivity index (χ0) is 11.0. The van der Waals surface area contributed by atoms with E-state index in [0.717, 1.165) is 0 Å². The molecule has 1 N–H and O–H groups in total. The van der Waals surface area contributed by atoms with Gasteiger partial charge in [0, 0.05) is 6.07 Å². The van der Waals surface area contributed by atoms with Crippen LogP contribution in [0.2, 0.25) is 0 Å². The summed E-state index contributed by atoms with van der Waals surface area (Å²) >= 11 is 3.20. The van der Waals surface area contributed by atoms with E-state index < -0.39 is 5.97 Å². The third-order valence-corrected chi connectivity index (χ3v) is 2.68. The highest BCUT2D eigenvalue weighted by Crippen LogP contribution is 2.14. The van der Waals surface area contributed by atoms with Crippen LogP contribution in [0.25, 0.3) is 5.52 Å². The second-order valence-corrected chi connectivity index (χ2v) is 3.77. The second kappa shape index (κ2) is 3.51. The van der Waals surface area contributed by atoms with Gasteiger partial charge in [-0.25, -0.2) is 4.79 Å². The highest BCUT2D eigenvalue weighted by molar-refractivity contribution is 9.10. The fraction of sp³-hybridized carbons (Fsp3) is 0. The fourth-order valence-corrected chi connectivity index (χ4v) is 1.93. The quantitative estimate of drug-likeness (QED) is 0.802. The van der Waals surface area contributed by atoms with Crippen molar-refractivity contribution < 1.29 is 9.90 Å². The number of aromatic carboxylic acids is 1. The molecule has 2 rings (SSSR count). The lowest BCUT2D eigenvalue weighted by molar-refractivity contribution is 0.0698. The van der Waals surface area contributed by atoms with Gasteiger partial charge in [-0.2, -0.15) is 0 Å². The number of hydrogen-bond donors (Lipinski definition) is 1. The molecule has 0 fully saturated rings. The minimum atomic E-state index is -1.05. The third-order valence-electron chi connectivity index (χ3n) is 2.06. The predicted molar refractivity (Wildman–Crippen MR) is 58.3 cm³/mol. The number of carboxylic acid groups (broad SMARTS) is 1. The molecule has 0 saturated heterocycles. The molecule has 0 aliphatic heterocycles. The molecule has 0 bridgehead atoms. The van der Waals surface area contributed by atoms with E-state index in [4.69, 9.17) is 5.11 Å². The summed E-state index contributed by atoms with van der Waals surface area (Å²) in [6.45, 7) is 0. The monoisotopic (exact) mass is 267 g/mol. The van der Waals surface area contributed by atoms with Gasteiger partial charge in [0.05, 0.1) is 15.7 Å². The van der Waals surface area contributed by atoms with Crippen molar-refractivity contribution in [2.45, 2.75) is 0 Å². The number of pyridine rings is 2. The molecule has 5 heteroatoms. The van der Waals surface area contributed by atoms with E-state index in [0.29, 0.717) is 10.1 Å². The van der Waals surface area contributed by atoms with Crippen molar-refractivity contribution in [2.75, 3.05) is 0 Å². The number of nitrogens with zero attached hydrogens (tertiary/aromatic N) is 1. The van der Waals surface area contributed by atoms with Gasteiger partial charge in [-0.15, -0.1) is 0 Å². The van der Waals surface area contributed by atoms with Gasteiger partial charge >= 0.3 is 5.97 Å². The van der Waals surface area contributed by atoms with E-state index in [9.17, 15) is 9.59 Å². The van der Waals surface area contributed by atoms with Gasteiger partial charge in [0.25, 0.3) is 5.56 Å². The molecule has 0 aliphatic rings. The van der Waals surface area contributed by atoms with E-state index >= 15 is 0 Å². The molecule has 4 nitrogen and oxygen atoms in total. The van der Waals surface area contributed by atoms with Crippen LogP contribution in [0.3, 0.4) is 0 Å². The molecule has 0 amide bonds. The van der Waals surface area contributed by atoms with Crippen LogP contribution < -0.4 is 5.56 Å². The highest BCUT2D eigenvalue weighted by atomic mass is 79.9. The highest BCUT2D eigenvalue weighted by Gasteiger charge is 2.10. The van der Waals surface area contributed by atoms with E-state index in [1.807, 2.05) is 0 Å².